The Hall–Kier alpha value is -3.94. The molecule has 0 spiro atoms. The Labute approximate surface area is 165 Å². The molecule has 0 fully saturated rings. The third-order valence-electron chi connectivity index (χ3n) is 4.09. The second-order valence-corrected chi connectivity index (χ2v) is 6.22. The highest BCUT2D eigenvalue weighted by molar-refractivity contribution is 6.07. The van der Waals surface area contributed by atoms with Gasteiger partial charge in [0.05, 0.1) is 12.8 Å². The van der Waals surface area contributed by atoms with E-state index < -0.39 is 23.2 Å². The van der Waals surface area contributed by atoms with E-state index in [1.165, 1.54) is 37.4 Å². The van der Waals surface area contributed by atoms with Gasteiger partial charge < -0.3 is 20.4 Å². The molecule has 2 aromatic carbocycles. The van der Waals surface area contributed by atoms with Gasteiger partial charge in [0.2, 0.25) is 0 Å². The second-order valence-electron chi connectivity index (χ2n) is 6.22. The van der Waals surface area contributed by atoms with Crippen molar-refractivity contribution in [1.29, 1.82) is 0 Å². The minimum atomic E-state index is -0.598. The van der Waals surface area contributed by atoms with Crippen molar-refractivity contribution < 1.29 is 18.7 Å². The van der Waals surface area contributed by atoms with Crippen molar-refractivity contribution in [1.82, 2.24) is 4.98 Å². The topological polar surface area (TPSA) is 100 Å². The fourth-order valence-corrected chi connectivity index (χ4v) is 2.66. The maximum absolute atomic E-state index is 13.4. The van der Waals surface area contributed by atoms with Gasteiger partial charge in [-0.1, -0.05) is 6.07 Å². The predicted molar refractivity (Wildman–Crippen MR) is 107 cm³/mol. The maximum atomic E-state index is 13.4. The molecule has 0 unspecified atom stereocenters. The lowest BCUT2D eigenvalue weighted by Crippen LogP contribution is -2.23. The summed E-state index contributed by atoms with van der Waals surface area (Å²) in [5.74, 6) is -1.32. The summed E-state index contributed by atoms with van der Waals surface area (Å²) in [6.45, 7) is 1.71. The van der Waals surface area contributed by atoms with Crippen LogP contribution in [0.4, 0.5) is 15.8 Å². The molecule has 0 bridgehead atoms. The first-order chi connectivity index (χ1) is 13.9. The van der Waals surface area contributed by atoms with E-state index in [2.05, 4.69) is 15.6 Å². The lowest BCUT2D eigenvalue weighted by atomic mass is 10.2. The molecule has 2 amide bonds. The van der Waals surface area contributed by atoms with E-state index in [1.54, 1.807) is 25.1 Å². The summed E-state index contributed by atoms with van der Waals surface area (Å²) < 4.78 is 18.6. The first kappa shape index (κ1) is 19.8. The molecular formula is C21H18FN3O4. The van der Waals surface area contributed by atoms with Crippen LogP contribution in [0.3, 0.4) is 0 Å². The Morgan fingerprint density at radius 3 is 2.48 bits per heavy atom. The Kier molecular flexibility index (Phi) is 5.73. The zero-order valence-corrected chi connectivity index (χ0v) is 15.7. The van der Waals surface area contributed by atoms with Crippen LogP contribution in [0.2, 0.25) is 0 Å². The van der Waals surface area contributed by atoms with Crippen molar-refractivity contribution in [2.24, 2.45) is 0 Å². The number of amides is 2. The number of H-pyrrole nitrogens is 1. The number of nitrogens with one attached hydrogen (secondary N) is 3. The van der Waals surface area contributed by atoms with Crippen molar-refractivity contribution >= 4 is 23.2 Å². The molecule has 0 atom stereocenters. The summed E-state index contributed by atoms with van der Waals surface area (Å²) in [6, 6.07) is 12.9. The van der Waals surface area contributed by atoms with Crippen LogP contribution in [-0.2, 0) is 0 Å². The molecule has 1 aromatic heterocycles. The number of anilines is 2. The van der Waals surface area contributed by atoms with Crippen molar-refractivity contribution in [2.45, 2.75) is 6.92 Å². The minimum absolute atomic E-state index is 0.0447. The van der Waals surface area contributed by atoms with E-state index in [1.807, 2.05) is 0 Å². The van der Waals surface area contributed by atoms with Gasteiger partial charge in [-0.05, 0) is 55.5 Å². The van der Waals surface area contributed by atoms with Crippen LogP contribution >= 0.6 is 0 Å². The molecule has 0 aliphatic carbocycles. The molecule has 3 aromatic rings. The summed E-state index contributed by atoms with van der Waals surface area (Å²) in [4.78, 5) is 39.3. The first-order valence-electron chi connectivity index (χ1n) is 8.63. The molecule has 148 valence electrons. The van der Waals surface area contributed by atoms with Crippen LogP contribution in [0.25, 0.3) is 0 Å². The Balaban J connectivity index is 1.84. The number of methoxy groups -OCH3 is 1. The van der Waals surface area contributed by atoms with E-state index in [0.717, 1.165) is 6.07 Å². The van der Waals surface area contributed by atoms with E-state index in [4.69, 9.17) is 4.74 Å². The van der Waals surface area contributed by atoms with Gasteiger partial charge in [0.25, 0.3) is 17.4 Å². The van der Waals surface area contributed by atoms with Gasteiger partial charge in [-0.2, -0.15) is 0 Å². The molecule has 0 saturated heterocycles. The molecule has 0 saturated carbocycles. The van der Waals surface area contributed by atoms with Crippen LogP contribution < -0.4 is 20.9 Å². The number of hydrogen-bond donors (Lipinski definition) is 3. The summed E-state index contributed by atoms with van der Waals surface area (Å²) in [6.07, 6.45) is 0. The molecular weight excluding hydrogens is 377 g/mol. The molecule has 0 aliphatic rings. The van der Waals surface area contributed by atoms with Crippen LogP contribution in [-0.4, -0.2) is 23.9 Å². The number of carbonyl (C=O) groups excluding carboxylic acids is 2. The monoisotopic (exact) mass is 395 g/mol. The summed E-state index contributed by atoms with van der Waals surface area (Å²) >= 11 is 0. The van der Waals surface area contributed by atoms with Gasteiger partial charge in [0, 0.05) is 16.9 Å². The summed E-state index contributed by atoms with van der Waals surface area (Å²) in [7, 11) is 1.43. The normalized spacial score (nSPS) is 10.3. The highest BCUT2D eigenvalue weighted by Gasteiger charge is 2.14. The third kappa shape index (κ3) is 4.67. The van der Waals surface area contributed by atoms with E-state index >= 15 is 0 Å². The zero-order valence-electron chi connectivity index (χ0n) is 15.7. The van der Waals surface area contributed by atoms with Crippen LogP contribution in [0.1, 0.15) is 26.4 Å². The predicted octanol–water partition coefficient (Wildman–Crippen LogP) is 3.34. The van der Waals surface area contributed by atoms with Gasteiger partial charge in [0.1, 0.15) is 17.1 Å². The van der Waals surface area contributed by atoms with Gasteiger partial charge in [-0.15, -0.1) is 0 Å². The lowest BCUT2D eigenvalue weighted by Gasteiger charge is -2.13. The average molecular weight is 395 g/mol. The van der Waals surface area contributed by atoms with Gasteiger partial charge >= 0.3 is 0 Å². The Bertz CT molecular complexity index is 1140. The van der Waals surface area contributed by atoms with Crippen molar-refractivity contribution in [2.75, 3.05) is 17.7 Å². The fourth-order valence-electron chi connectivity index (χ4n) is 2.66. The zero-order chi connectivity index (χ0) is 21.0. The van der Waals surface area contributed by atoms with E-state index in [0.29, 0.717) is 17.1 Å². The number of hydrogen-bond acceptors (Lipinski definition) is 4. The number of aromatic amines is 1. The van der Waals surface area contributed by atoms with Crippen LogP contribution in [0.15, 0.2) is 59.4 Å². The fraction of sp³-hybridized carbons (Fsp3) is 0.0952. The van der Waals surface area contributed by atoms with Gasteiger partial charge in [0.15, 0.2) is 0 Å². The molecule has 0 aliphatic heterocycles. The van der Waals surface area contributed by atoms with E-state index in [9.17, 15) is 18.8 Å². The standard InChI is InChI=1S/C21H18FN3O4/c1-12-6-8-16(20(27)23-12)21(28)24-15-7-9-18(29-2)17(11-15)25-19(26)13-4-3-5-14(22)10-13/h3-11H,1-2H3,(H,23,27)(H,24,28)(H,25,26). The highest BCUT2D eigenvalue weighted by atomic mass is 19.1. The van der Waals surface area contributed by atoms with Crippen molar-refractivity contribution in [3.63, 3.8) is 0 Å². The smallest absolute Gasteiger partial charge is 0.261 e. The van der Waals surface area contributed by atoms with Gasteiger partial charge in [-0.3, -0.25) is 14.4 Å². The largest absolute Gasteiger partial charge is 0.495 e. The number of halogens is 1. The Morgan fingerprint density at radius 1 is 1.00 bits per heavy atom. The minimum Gasteiger partial charge on any atom is -0.495 e. The average Bonchev–Trinajstić information content (AvgIpc) is 2.68. The molecule has 7 nitrogen and oxygen atoms in total. The molecule has 29 heavy (non-hydrogen) atoms. The maximum Gasteiger partial charge on any atom is 0.261 e. The molecule has 3 N–H and O–H groups in total. The second kappa shape index (κ2) is 8.39. The molecule has 1 heterocycles. The molecule has 8 heteroatoms. The number of carbonyl (C=O) groups is 2. The van der Waals surface area contributed by atoms with Gasteiger partial charge in [-0.25, -0.2) is 4.39 Å². The number of pyridine rings is 1. The quantitative estimate of drug-likeness (QED) is 0.617. The lowest BCUT2D eigenvalue weighted by molar-refractivity contribution is 0.101. The third-order valence-corrected chi connectivity index (χ3v) is 4.09. The Morgan fingerprint density at radius 2 is 1.79 bits per heavy atom. The molecule has 0 radical (unpaired) electrons. The van der Waals surface area contributed by atoms with Crippen molar-refractivity contribution in [3.05, 3.63) is 87.6 Å². The highest BCUT2D eigenvalue weighted by Crippen LogP contribution is 2.28. The summed E-state index contributed by atoms with van der Waals surface area (Å²) in [5, 5.41) is 5.23. The number of benzene rings is 2. The summed E-state index contributed by atoms with van der Waals surface area (Å²) in [5.41, 5.74) is 0.834. The molecule has 3 rings (SSSR count). The number of rotatable bonds is 5. The van der Waals surface area contributed by atoms with E-state index in [-0.39, 0.29) is 16.8 Å². The van der Waals surface area contributed by atoms with Crippen LogP contribution in [0.5, 0.6) is 5.75 Å². The number of aromatic nitrogens is 1. The first-order valence-corrected chi connectivity index (χ1v) is 8.63. The van der Waals surface area contributed by atoms with Crippen LogP contribution in [0, 0.1) is 12.7 Å². The SMILES string of the molecule is COc1ccc(NC(=O)c2ccc(C)[nH]c2=O)cc1NC(=O)c1cccc(F)c1. The number of aryl methyl sites for hydroxylation is 1. The van der Waals surface area contributed by atoms with Crippen molar-refractivity contribution in [3.8, 4) is 5.75 Å². The number of ether oxygens (including phenoxy) is 1.